The van der Waals surface area contributed by atoms with E-state index in [-0.39, 0.29) is 0 Å². The molecule has 102 valence electrons. The summed E-state index contributed by atoms with van der Waals surface area (Å²) in [6.45, 7) is 0. The van der Waals surface area contributed by atoms with E-state index in [9.17, 15) is 22.8 Å². The van der Waals surface area contributed by atoms with Crippen LogP contribution in [-0.2, 0) is 17.6 Å². The van der Waals surface area contributed by atoms with Crippen molar-refractivity contribution in [2.24, 2.45) is 0 Å². The van der Waals surface area contributed by atoms with E-state index in [0.717, 1.165) is 6.42 Å². The van der Waals surface area contributed by atoms with Gasteiger partial charge in [0.05, 0.1) is 0 Å². The van der Waals surface area contributed by atoms with Crippen molar-refractivity contribution in [3.63, 3.8) is 0 Å². The molecule has 0 atom stereocenters. The lowest BCUT2D eigenvalue weighted by atomic mass is 10.1. The van der Waals surface area contributed by atoms with Crippen LogP contribution in [0, 0.1) is 0 Å². The van der Waals surface area contributed by atoms with E-state index in [1.54, 1.807) is 0 Å². The summed E-state index contributed by atoms with van der Waals surface area (Å²) in [7, 11) is 0. The first kappa shape index (κ1) is 13.3. The summed E-state index contributed by atoms with van der Waals surface area (Å²) in [6, 6.07) is 1.27. The highest BCUT2D eigenvalue weighted by Gasteiger charge is 2.39. The lowest BCUT2D eigenvalue weighted by Crippen LogP contribution is -2.31. The van der Waals surface area contributed by atoms with Gasteiger partial charge in [-0.2, -0.15) is 13.2 Å². The monoisotopic (exact) mass is 274 g/mol. The van der Waals surface area contributed by atoms with Crippen LogP contribution < -0.4 is 5.32 Å². The molecule has 0 saturated heterocycles. The predicted molar refractivity (Wildman–Crippen MR) is 57.9 cm³/mol. The number of fused-ring (bicyclic) bond motifs is 1. The number of halogens is 3. The van der Waals surface area contributed by atoms with Crippen LogP contribution >= 0.6 is 0 Å². The first-order chi connectivity index (χ1) is 8.79. The van der Waals surface area contributed by atoms with Gasteiger partial charge in [0, 0.05) is 5.69 Å². The Morgan fingerprint density at radius 3 is 2.58 bits per heavy atom. The van der Waals surface area contributed by atoms with E-state index in [4.69, 9.17) is 5.11 Å². The molecule has 5 nitrogen and oxygen atoms in total. The summed E-state index contributed by atoms with van der Waals surface area (Å²) < 4.78 is 36.5. The van der Waals surface area contributed by atoms with Gasteiger partial charge in [-0.3, -0.25) is 4.79 Å². The average Bonchev–Trinajstić information content (AvgIpc) is 2.73. The summed E-state index contributed by atoms with van der Waals surface area (Å²) >= 11 is 0. The quantitative estimate of drug-likeness (QED) is 0.861. The maximum absolute atomic E-state index is 12.2. The second kappa shape index (κ2) is 4.52. The molecule has 0 aliphatic heterocycles. The van der Waals surface area contributed by atoms with Crippen molar-refractivity contribution in [3.8, 4) is 0 Å². The number of rotatable bonds is 2. The van der Waals surface area contributed by atoms with Gasteiger partial charge in [0.1, 0.15) is 11.4 Å². The number of aromatic carboxylic acids is 1. The number of carboxylic acids is 1. The summed E-state index contributed by atoms with van der Waals surface area (Å²) in [5.74, 6) is -4.23. The summed E-state index contributed by atoms with van der Waals surface area (Å²) in [6.07, 6.45) is -3.13. The van der Waals surface area contributed by atoms with Crippen LogP contribution in [0.2, 0.25) is 0 Å². The van der Waals surface area contributed by atoms with Crippen molar-refractivity contribution in [2.75, 3.05) is 5.32 Å². The molecular formula is C11H9F3N2O3. The predicted octanol–water partition coefficient (Wildman–Crippen LogP) is 1.77. The minimum Gasteiger partial charge on any atom is -0.478 e. The molecule has 0 spiro atoms. The SMILES string of the molecule is O=C(O)c1cc2c(nc1NC(=O)C(F)(F)F)CCC2. The maximum Gasteiger partial charge on any atom is 0.471 e. The van der Waals surface area contributed by atoms with Crippen LogP contribution in [0.1, 0.15) is 28.0 Å². The zero-order chi connectivity index (χ0) is 14.2. The van der Waals surface area contributed by atoms with Crippen LogP contribution in [0.4, 0.5) is 19.0 Å². The Bertz CT molecular complexity index is 555. The van der Waals surface area contributed by atoms with Crippen LogP contribution in [0.15, 0.2) is 6.07 Å². The number of hydrogen-bond donors (Lipinski definition) is 2. The molecule has 1 aliphatic carbocycles. The number of carbonyl (C=O) groups is 2. The van der Waals surface area contributed by atoms with Crippen molar-refractivity contribution in [1.29, 1.82) is 0 Å². The Morgan fingerprint density at radius 2 is 2.00 bits per heavy atom. The van der Waals surface area contributed by atoms with Gasteiger partial charge >= 0.3 is 18.1 Å². The number of amides is 1. The highest BCUT2D eigenvalue weighted by molar-refractivity contribution is 6.01. The number of carboxylic acid groups (broad SMARTS) is 1. The zero-order valence-corrected chi connectivity index (χ0v) is 9.54. The van der Waals surface area contributed by atoms with E-state index in [2.05, 4.69) is 4.98 Å². The highest BCUT2D eigenvalue weighted by atomic mass is 19.4. The Labute approximate surface area is 105 Å². The topological polar surface area (TPSA) is 79.3 Å². The van der Waals surface area contributed by atoms with Gasteiger partial charge < -0.3 is 10.4 Å². The fraction of sp³-hybridized carbons (Fsp3) is 0.364. The number of aryl methyl sites for hydroxylation is 2. The molecule has 0 radical (unpaired) electrons. The molecule has 2 rings (SSSR count). The normalized spacial score (nSPS) is 14.1. The van der Waals surface area contributed by atoms with Crippen molar-refractivity contribution in [3.05, 3.63) is 22.9 Å². The molecule has 8 heteroatoms. The number of nitrogens with one attached hydrogen (secondary N) is 1. The molecule has 2 N–H and O–H groups in total. The van der Waals surface area contributed by atoms with Crippen molar-refractivity contribution >= 4 is 17.7 Å². The van der Waals surface area contributed by atoms with Gasteiger partial charge in [-0.25, -0.2) is 9.78 Å². The highest BCUT2D eigenvalue weighted by Crippen LogP contribution is 2.26. The molecule has 0 bridgehead atoms. The first-order valence-corrected chi connectivity index (χ1v) is 5.43. The molecule has 1 aromatic heterocycles. The number of pyridine rings is 1. The number of alkyl halides is 3. The summed E-state index contributed by atoms with van der Waals surface area (Å²) in [5, 5.41) is 10.4. The zero-order valence-electron chi connectivity index (χ0n) is 9.54. The number of carbonyl (C=O) groups excluding carboxylic acids is 1. The van der Waals surface area contributed by atoms with Crippen LogP contribution in [0.25, 0.3) is 0 Å². The van der Waals surface area contributed by atoms with Gasteiger partial charge in [0.25, 0.3) is 0 Å². The van der Waals surface area contributed by atoms with Crippen LogP contribution in [0.5, 0.6) is 0 Å². The third-order valence-electron chi connectivity index (χ3n) is 2.77. The van der Waals surface area contributed by atoms with E-state index >= 15 is 0 Å². The molecule has 1 aromatic rings. The molecule has 0 saturated carbocycles. The minimum absolute atomic E-state index is 0.432. The second-order valence-electron chi connectivity index (χ2n) is 4.10. The van der Waals surface area contributed by atoms with Gasteiger partial charge in [0.2, 0.25) is 0 Å². The molecule has 1 heterocycles. The minimum atomic E-state index is -5.09. The smallest absolute Gasteiger partial charge is 0.471 e. The molecule has 0 unspecified atom stereocenters. The third-order valence-corrected chi connectivity index (χ3v) is 2.77. The number of aromatic nitrogens is 1. The van der Waals surface area contributed by atoms with E-state index in [1.165, 1.54) is 11.4 Å². The van der Waals surface area contributed by atoms with Crippen LogP contribution in [0.3, 0.4) is 0 Å². The van der Waals surface area contributed by atoms with Crippen molar-refractivity contribution in [1.82, 2.24) is 4.98 Å². The number of anilines is 1. The van der Waals surface area contributed by atoms with Gasteiger partial charge in [-0.1, -0.05) is 0 Å². The Hall–Kier alpha value is -2.12. The fourth-order valence-electron chi connectivity index (χ4n) is 1.91. The molecule has 1 amide bonds. The third kappa shape index (κ3) is 2.67. The number of hydrogen-bond acceptors (Lipinski definition) is 3. The van der Waals surface area contributed by atoms with Crippen LogP contribution in [-0.4, -0.2) is 28.1 Å². The summed E-state index contributed by atoms with van der Waals surface area (Å²) in [5.41, 5.74) is 0.795. The fourth-order valence-corrected chi connectivity index (χ4v) is 1.91. The van der Waals surface area contributed by atoms with E-state index < -0.39 is 29.4 Å². The van der Waals surface area contributed by atoms with Gasteiger partial charge in [0.15, 0.2) is 0 Å². The maximum atomic E-state index is 12.2. The standard InChI is InChI=1S/C11H9F3N2O3/c12-11(13,14)10(19)16-8-6(9(17)18)4-5-2-1-3-7(5)15-8/h4H,1-3H2,(H,17,18)(H,15,16,19). The second-order valence-corrected chi connectivity index (χ2v) is 4.10. The average molecular weight is 274 g/mol. The Kier molecular flexibility index (Phi) is 3.17. The molecule has 1 aliphatic rings. The molecule has 0 aromatic carbocycles. The largest absolute Gasteiger partial charge is 0.478 e. The Morgan fingerprint density at radius 1 is 1.32 bits per heavy atom. The van der Waals surface area contributed by atoms with E-state index in [0.29, 0.717) is 24.1 Å². The molecule has 0 fully saturated rings. The van der Waals surface area contributed by atoms with Gasteiger partial charge in [-0.05, 0) is 30.9 Å². The Balaban J connectivity index is 2.39. The van der Waals surface area contributed by atoms with Crippen molar-refractivity contribution < 1.29 is 27.9 Å². The first-order valence-electron chi connectivity index (χ1n) is 5.43. The van der Waals surface area contributed by atoms with E-state index in [1.807, 2.05) is 0 Å². The van der Waals surface area contributed by atoms with Crippen molar-refractivity contribution in [2.45, 2.75) is 25.4 Å². The van der Waals surface area contributed by atoms with Gasteiger partial charge in [-0.15, -0.1) is 0 Å². The molecular weight excluding hydrogens is 265 g/mol. The lowest BCUT2D eigenvalue weighted by molar-refractivity contribution is -0.167. The summed E-state index contributed by atoms with van der Waals surface area (Å²) in [4.78, 5) is 25.6. The molecule has 19 heavy (non-hydrogen) atoms. The number of nitrogens with zero attached hydrogens (tertiary/aromatic N) is 1. The lowest BCUT2D eigenvalue weighted by Gasteiger charge is -2.11.